The molecule has 0 saturated carbocycles. The van der Waals surface area contributed by atoms with E-state index in [1.165, 1.54) is 5.56 Å². The van der Waals surface area contributed by atoms with Crippen LogP contribution in [0.15, 0.2) is 30.3 Å². The molecule has 0 spiro atoms. The van der Waals surface area contributed by atoms with Crippen molar-refractivity contribution in [1.82, 2.24) is 0 Å². The van der Waals surface area contributed by atoms with Gasteiger partial charge in [-0.2, -0.15) is 0 Å². The minimum atomic E-state index is -0.916. The molecule has 0 heterocycles. The van der Waals surface area contributed by atoms with E-state index in [1.807, 2.05) is 25.1 Å². The lowest BCUT2D eigenvalue weighted by molar-refractivity contribution is -0.169. The first-order chi connectivity index (χ1) is 10.7. The van der Waals surface area contributed by atoms with Crippen molar-refractivity contribution in [2.45, 2.75) is 38.7 Å². The minimum absolute atomic E-state index is 0.0763. The lowest BCUT2D eigenvalue weighted by Crippen LogP contribution is -2.45. The summed E-state index contributed by atoms with van der Waals surface area (Å²) in [5.74, 6) is -0.300. The molecule has 1 aromatic rings. The van der Waals surface area contributed by atoms with Crippen LogP contribution in [0.2, 0.25) is 0 Å². The highest BCUT2D eigenvalue weighted by molar-refractivity contribution is 7.37. The first-order valence-electron chi connectivity index (χ1n) is 7.85. The number of aryl methyl sites for hydroxylation is 1. The van der Waals surface area contributed by atoms with Crippen molar-refractivity contribution in [3.8, 4) is 0 Å². The topological polar surface area (TPSA) is 55.8 Å². The fraction of sp³-hybridized carbons (Fsp3) is 0.588. The largest absolute Gasteiger partial charge is 0.464 e. The third-order valence-electron chi connectivity index (χ3n) is 3.48. The molecule has 1 N–H and O–H groups in total. The molecule has 0 radical (unpaired) electrons. The van der Waals surface area contributed by atoms with Crippen LogP contribution in [-0.2, 0) is 20.7 Å². The van der Waals surface area contributed by atoms with Crippen LogP contribution in [-0.4, -0.2) is 42.4 Å². The number of ether oxygens (including phenoxy) is 2. The Balaban J connectivity index is 2.71. The predicted molar refractivity (Wildman–Crippen MR) is 90.6 cm³/mol. The Morgan fingerprint density at radius 2 is 1.95 bits per heavy atom. The highest BCUT2D eigenvalue weighted by Crippen LogP contribution is 2.29. The van der Waals surface area contributed by atoms with Crippen LogP contribution < -0.4 is 0 Å². The van der Waals surface area contributed by atoms with Crippen molar-refractivity contribution in [2.24, 2.45) is 0 Å². The normalized spacial score (nSPS) is 14.1. The Morgan fingerprint density at radius 1 is 1.23 bits per heavy atom. The maximum absolute atomic E-state index is 12.4. The van der Waals surface area contributed by atoms with E-state index < -0.39 is 5.60 Å². The van der Waals surface area contributed by atoms with E-state index in [-0.39, 0.29) is 20.9 Å². The molecule has 0 saturated heterocycles. The molecule has 0 amide bonds. The van der Waals surface area contributed by atoms with Gasteiger partial charge in [-0.3, -0.25) is 0 Å². The van der Waals surface area contributed by atoms with Crippen LogP contribution in [0.25, 0.3) is 0 Å². The molecule has 5 heteroatoms. The van der Waals surface area contributed by atoms with Gasteiger partial charge in [-0.25, -0.2) is 4.79 Å². The van der Waals surface area contributed by atoms with Gasteiger partial charge in [-0.15, -0.1) is 0 Å². The Kier molecular flexibility index (Phi) is 9.30. The molecule has 1 aromatic carbocycles. The third kappa shape index (κ3) is 6.04. The quantitative estimate of drug-likeness (QED) is 0.502. The molecule has 0 aliphatic carbocycles. The Hall–Kier alpha value is -0.960. The summed E-state index contributed by atoms with van der Waals surface area (Å²) in [6.07, 6.45) is 2.95. The summed E-state index contributed by atoms with van der Waals surface area (Å²) >= 11 is 0. The molecule has 22 heavy (non-hydrogen) atoms. The molecule has 2 unspecified atom stereocenters. The lowest BCUT2D eigenvalue weighted by Gasteiger charge is -2.31. The van der Waals surface area contributed by atoms with E-state index in [2.05, 4.69) is 12.1 Å². The van der Waals surface area contributed by atoms with Gasteiger partial charge in [0.1, 0.15) is 0 Å². The number of hydrogen-bond acceptors (Lipinski definition) is 4. The van der Waals surface area contributed by atoms with E-state index >= 15 is 0 Å². The zero-order chi connectivity index (χ0) is 16.3. The molecular formula is C17H27O4P. The first-order valence-corrected chi connectivity index (χ1v) is 9.26. The molecule has 2 atom stereocenters. The summed E-state index contributed by atoms with van der Waals surface area (Å²) in [5, 5.41) is 9.12. The average Bonchev–Trinajstić information content (AvgIpc) is 2.54. The smallest absolute Gasteiger partial charge is 0.338 e. The molecular weight excluding hydrogens is 299 g/mol. The van der Waals surface area contributed by atoms with Gasteiger partial charge in [-0.1, -0.05) is 38.9 Å². The van der Waals surface area contributed by atoms with Crippen molar-refractivity contribution >= 4 is 14.6 Å². The van der Waals surface area contributed by atoms with Crippen LogP contribution in [0.4, 0.5) is 0 Å². The number of aliphatic hydroxyl groups excluding tert-OH is 1. The fourth-order valence-electron chi connectivity index (χ4n) is 2.46. The second kappa shape index (κ2) is 10.7. The molecule has 0 aromatic heterocycles. The molecule has 124 valence electrons. The van der Waals surface area contributed by atoms with Gasteiger partial charge in [-0.05, 0) is 38.7 Å². The predicted octanol–water partition coefficient (Wildman–Crippen LogP) is 2.98. The summed E-state index contributed by atoms with van der Waals surface area (Å²) in [6.45, 7) is 4.48. The Bertz CT molecular complexity index is 424. The van der Waals surface area contributed by atoms with Gasteiger partial charge >= 0.3 is 5.97 Å². The van der Waals surface area contributed by atoms with Crippen LogP contribution in [0.3, 0.4) is 0 Å². The number of benzene rings is 1. The summed E-state index contributed by atoms with van der Waals surface area (Å²) in [4.78, 5) is 12.4. The van der Waals surface area contributed by atoms with E-state index in [4.69, 9.17) is 14.6 Å². The summed E-state index contributed by atoms with van der Waals surface area (Å²) < 4.78 is 11.0. The van der Waals surface area contributed by atoms with Gasteiger partial charge in [0.05, 0.1) is 13.0 Å². The molecule has 1 rings (SSSR count). The van der Waals surface area contributed by atoms with Gasteiger partial charge in [0, 0.05) is 12.8 Å². The van der Waals surface area contributed by atoms with Crippen molar-refractivity contribution in [1.29, 1.82) is 0 Å². The van der Waals surface area contributed by atoms with Gasteiger partial charge in [0.2, 0.25) is 0 Å². The number of carbonyl (C=O) groups is 1. The Labute approximate surface area is 135 Å². The molecule has 4 nitrogen and oxygen atoms in total. The van der Waals surface area contributed by atoms with E-state index in [0.29, 0.717) is 25.8 Å². The van der Waals surface area contributed by atoms with Crippen molar-refractivity contribution in [3.63, 3.8) is 0 Å². The molecule has 0 aliphatic heterocycles. The average molecular weight is 326 g/mol. The number of hydrogen-bond donors (Lipinski definition) is 1. The lowest BCUT2D eigenvalue weighted by atomic mass is 9.96. The monoisotopic (exact) mass is 326 g/mol. The molecule has 0 aliphatic rings. The maximum Gasteiger partial charge on any atom is 0.338 e. The van der Waals surface area contributed by atoms with Crippen LogP contribution >= 0.6 is 8.58 Å². The second-order valence-electron chi connectivity index (χ2n) is 5.07. The van der Waals surface area contributed by atoms with Crippen LogP contribution in [0, 0.1) is 0 Å². The standard InChI is InChI=1S/C17H27O4P/c1-3-20-16(19)17(21-4-2,13-22-14-18)12-8-11-15-9-6-5-7-10-15/h5-7,9-10,18,22H,3-4,8,11-14H2,1-2H3. The van der Waals surface area contributed by atoms with Crippen LogP contribution in [0.1, 0.15) is 32.3 Å². The van der Waals surface area contributed by atoms with Crippen LogP contribution in [0.5, 0.6) is 0 Å². The fourth-order valence-corrected chi connectivity index (χ4v) is 3.40. The van der Waals surface area contributed by atoms with E-state index in [1.54, 1.807) is 6.92 Å². The SMILES string of the molecule is CCOC(=O)C(CCCc1ccccc1)(CPCO)OCC. The highest BCUT2D eigenvalue weighted by atomic mass is 31.1. The highest BCUT2D eigenvalue weighted by Gasteiger charge is 2.39. The van der Waals surface area contributed by atoms with Gasteiger partial charge in [0.25, 0.3) is 0 Å². The van der Waals surface area contributed by atoms with Crippen molar-refractivity contribution < 1.29 is 19.4 Å². The van der Waals surface area contributed by atoms with E-state index in [9.17, 15) is 4.79 Å². The summed E-state index contributed by atoms with van der Waals surface area (Å²) in [6, 6.07) is 10.2. The zero-order valence-electron chi connectivity index (χ0n) is 13.5. The number of carbonyl (C=O) groups excluding carboxylic acids is 1. The van der Waals surface area contributed by atoms with E-state index in [0.717, 1.165) is 12.8 Å². The minimum Gasteiger partial charge on any atom is -0.464 e. The third-order valence-corrected chi connectivity index (χ3v) is 4.52. The number of esters is 1. The number of rotatable bonds is 11. The second-order valence-corrected chi connectivity index (χ2v) is 6.24. The maximum atomic E-state index is 12.4. The molecule has 0 bridgehead atoms. The van der Waals surface area contributed by atoms with Crippen molar-refractivity contribution in [2.75, 3.05) is 25.7 Å². The summed E-state index contributed by atoms with van der Waals surface area (Å²) in [5.41, 5.74) is 0.335. The summed E-state index contributed by atoms with van der Waals surface area (Å²) in [7, 11) is 0.281. The number of aliphatic hydroxyl groups is 1. The molecule has 0 fully saturated rings. The first kappa shape index (κ1) is 19.1. The van der Waals surface area contributed by atoms with Gasteiger partial charge in [0.15, 0.2) is 5.60 Å². The van der Waals surface area contributed by atoms with Crippen molar-refractivity contribution in [3.05, 3.63) is 35.9 Å². The van der Waals surface area contributed by atoms with Gasteiger partial charge < -0.3 is 14.6 Å². The Morgan fingerprint density at radius 3 is 2.55 bits per heavy atom. The zero-order valence-corrected chi connectivity index (χ0v) is 14.5.